The van der Waals surface area contributed by atoms with Gasteiger partial charge >= 0.3 is 6.30 Å². The van der Waals surface area contributed by atoms with Gasteiger partial charge in [0.25, 0.3) is 0 Å². The fourth-order valence-electron chi connectivity index (χ4n) is 4.09. The normalized spacial score (nSPS) is 20.1. The molecular weight excluding hydrogens is 383 g/mol. The number of likely N-dealkylation sites (tertiary alicyclic amines) is 1. The molecule has 8 heteroatoms. The van der Waals surface area contributed by atoms with Crippen molar-refractivity contribution in [1.82, 2.24) is 14.7 Å². The third-order valence-corrected chi connectivity index (χ3v) is 5.89. The summed E-state index contributed by atoms with van der Waals surface area (Å²) in [6.45, 7) is 6.60. The molecule has 0 aliphatic carbocycles. The molecule has 1 aromatic rings. The monoisotopic (exact) mass is 413 g/mol. The number of hydrogen-bond donors (Lipinski definition) is 0. The van der Waals surface area contributed by atoms with E-state index < -0.39 is 6.30 Å². The second kappa shape index (κ2) is 9.80. The zero-order valence-corrected chi connectivity index (χ0v) is 17.0. The molecule has 0 radical (unpaired) electrons. The zero-order chi connectivity index (χ0) is 20.9. The minimum absolute atomic E-state index is 0.0517. The topological polar surface area (TPSA) is 36.0 Å². The van der Waals surface area contributed by atoms with Gasteiger partial charge in [0.1, 0.15) is 5.75 Å². The van der Waals surface area contributed by atoms with Crippen LogP contribution in [-0.4, -0.2) is 79.3 Å². The van der Waals surface area contributed by atoms with Gasteiger partial charge in [0.2, 0.25) is 5.91 Å². The Morgan fingerprint density at radius 2 is 1.79 bits per heavy atom. The van der Waals surface area contributed by atoms with Gasteiger partial charge in [-0.1, -0.05) is 12.1 Å². The quantitative estimate of drug-likeness (QED) is 0.530. The predicted molar refractivity (Wildman–Crippen MR) is 105 cm³/mol. The molecule has 2 aliphatic rings. The van der Waals surface area contributed by atoms with Gasteiger partial charge in [-0.05, 0) is 42.9 Å². The van der Waals surface area contributed by atoms with E-state index in [0.717, 1.165) is 50.5 Å². The molecule has 2 fully saturated rings. The number of carbonyl (C=O) groups is 1. The van der Waals surface area contributed by atoms with Gasteiger partial charge in [-0.25, -0.2) is 4.90 Å². The van der Waals surface area contributed by atoms with Gasteiger partial charge in [0.05, 0.1) is 6.61 Å². The van der Waals surface area contributed by atoms with Gasteiger partial charge in [-0.15, -0.1) is 0 Å². The summed E-state index contributed by atoms with van der Waals surface area (Å²) >= 11 is 0. The molecule has 2 heterocycles. The summed E-state index contributed by atoms with van der Waals surface area (Å²) in [6.07, 6.45) is -2.31. The zero-order valence-electron chi connectivity index (χ0n) is 17.0. The first-order valence-corrected chi connectivity index (χ1v) is 10.4. The van der Waals surface area contributed by atoms with Crippen LogP contribution in [0.3, 0.4) is 0 Å². The molecule has 0 N–H and O–H groups in total. The highest BCUT2D eigenvalue weighted by atomic mass is 19.4. The lowest BCUT2D eigenvalue weighted by molar-refractivity contribution is -0.250. The van der Waals surface area contributed by atoms with Crippen LogP contribution in [0.2, 0.25) is 0 Å². The number of amides is 1. The van der Waals surface area contributed by atoms with E-state index in [0.29, 0.717) is 24.3 Å². The highest BCUT2D eigenvalue weighted by molar-refractivity contribution is 5.73. The van der Waals surface area contributed by atoms with Crippen molar-refractivity contribution in [2.45, 2.75) is 38.4 Å². The van der Waals surface area contributed by atoms with Crippen molar-refractivity contribution in [3.8, 4) is 5.75 Å². The lowest BCUT2D eigenvalue weighted by atomic mass is 9.89. The summed E-state index contributed by atoms with van der Waals surface area (Å²) in [6, 6.07) is 7.77. The van der Waals surface area contributed by atoms with Crippen LogP contribution in [0.5, 0.6) is 5.75 Å². The third kappa shape index (κ3) is 6.34. The molecule has 0 bridgehead atoms. The van der Waals surface area contributed by atoms with Crippen molar-refractivity contribution >= 4 is 5.91 Å². The van der Waals surface area contributed by atoms with Crippen LogP contribution in [0.4, 0.5) is 13.2 Å². The third-order valence-electron chi connectivity index (χ3n) is 5.89. The molecule has 3 rings (SSSR count). The highest BCUT2D eigenvalue weighted by Crippen LogP contribution is 2.34. The first-order valence-electron chi connectivity index (χ1n) is 10.4. The van der Waals surface area contributed by atoms with Crippen molar-refractivity contribution < 1.29 is 22.7 Å². The predicted octanol–water partition coefficient (Wildman–Crippen LogP) is 3.32. The maximum Gasteiger partial charge on any atom is 0.459 e. The Labute approximate surface area is 170 Å². The Morgan fingerprint density at radius 3 is 2.41 bits per heavy atom. The number of alkyl halides is 3. The Bertz CT molecular complexity index is 667. The molecule has 0 aromatic heterocycles. The number of piperidine rings is 1. The van der Waals surface area contributed by atoms with Crippen LogP contribution >= 0.6 is 0 Å². The summed E-state index contributed by atoms with van der Waals surface area (Å²) in [5, 5.41) is 0. The molecule has 2 saturated heterocycles. The number of piperazine rings is 1. The van der Waals surface area contributed by atoms with E-state index in [2.05, 4.69) is 4.90 Å². The van der Waals surface area contributed by atoms with E-state index in [4.69, 9.17) is 4.74 Å². The lowest BCUT2D eigenvalue weighted by Gasteiger charge is -2.34. The number of ether oxygens (including phenoxy) is 1. The van der Waals surface area contributed by atoms with Crippen LogP contribution in [0.1, 0.15) is 37.7 Å². The Kier molecular flexibility index (Phi) is 7.40. The van der Waals surface area contributed by atoms with Gasteiger partial charge < -0.3 is 9.64 Å². The van der Waals surface area contributed by atoms with Crippen molar-refractivity contribution in [2.75, 3.05) is 52.4 Å². The number of carbonyl (C=O) groups excluding carboxylic acids is 1. The van der Waals surface area contributed by atoms with E-state index in [-0.39, 0.29) is 24.9 Å². The van der Waals surface area contributed by atoms with Crippen molar-refractivity contribution in [2.24, 2.45) is 0 Å². The van der Waals surface area contributed by atoms with E-state index in [1.807, 2.05) is 29.2 Å². The summed E-state index contributed by atoms with van der Waals surface area (Å²) in [5.41, 5.74) is 1.06. The Hall–Kier alpha value is -1.80. The molecule has 29 heavy (non-hydrogen) atoms. The molecule has 0 atom stereocenters. The number of rotatable bonds is 6. The van der Waals surface area contributed by atoms with Crippen molar-refractivity contribution in [3.05, 3.63) is 29.8 Å². The average Bonchev–Trinajstić information content (AvgIpc) is 2.71. The van der Waals surface area contributed by atoms with E-state index in [9.17, 15) is 18.0 Å². The molecule has 2 aliphatic heterocycles. The van der Waals surface area contributed by atoms with Crippen LogP contribution in [0.15, 0.2) is 24.3 Å². The van der Waals surface area contributed by atoms with Gasteiger partial charge in [0.15, 0.2) is 0 Å². The maximum atomic E-state index is 12.8. The summed E-state index contributed by atoms with van der Waals surface area (Å²) < 4.78 is 44.2. The number of halogens is 3. The fourth-order valence-corrected chi connectivity index (χ4v) is 4.09. The summed E-state index contributed by atoms with van der Waals surface area (Å²) in [5.74, 6) is 1.06. The second-order valence-electron chi connectivity index (χ2n) is 7.85. The second-order valence-corrected chi connectivity index (χ2v) is 7.85. The van der Waals surface area contributed by atoms with Crippen LogP contribution < -0.4 is 4.74 Å². The Balaban J connectivity index is 1.39. The molecule has 1 aromatic carbocycles. The molecule has 162 valence electrons. The van der Waals surface area contributed by atoms with Gasteiger partial charge in [0, 0.05) is 52.7 Å². The largest absolute Gasteiger partial charge is 0.494 e. The van der Waals surface area contributed by atoms with E-state index in [1.54, 1.807) is 6.92 Å². The van der Waals surface area contributed by atoms with E-state index in [1.165, 1.54) is 0 Å². The molecule has 5 nitrogen and oxygen atoms in total. The fraction of sp³-hybridized carbons (Fsp3) is 0.667. The smallest absolute Gasteiger partial charge is 0.459 e. The SMILES string of the molecule is CC(=O)N1CCN(CCCOc2cccc(C3CCN(C(F)(F)F)CC3)c2)CC1. The van der Waals surface area contributed by atoms with Crippen molar-refractivity contribution in [3.63, 3.8) is 0 Å². The summed E-state index contributed by atoms with van der Waals surface area (Å²) in [4.78, 5) is 16.2. The van der Waals surface area contributed by atoms with Crippen LogP contribution in [-0.2, 0) is 4.79 Å². The minimum Gasteiger partial charge on any atom is -0.494 e. The number of benzene rings is 1. The summed E-state index contributed by atoms with van der Waals surface area (Å²) in [7, 11) is 0. The molecule has 0 unspecified atom stereocenters. The van der Waals surface area contributed by atoms with Gasteiger partial charge in [-0.3, -0.25) is 9.69 Å². The standard InChI is InChI=1S/C21H30F3N3O2/c1-17(28)26-13-11-25(12-14-26)8-3-15-29-20-5-2-4-19(16-20)18-6-9-27(10-7-18)21(22,23)24/h2,4-5,16,18H,3,6-15H2,1H3. The highest BCUT2D eigenvalue weighted by Gasteiger charge is 2.39. The minimum atomic E-state index is -4.23. The number of nitrogens with zero attached hydrogens (tertiary/aromatic N) is 3. The Morgan fingerprint density at radius 1 is 1.10 bits per heavy atom. The molecule has 1 amide bonds. The first-order chi connectivity index (χ1) is 13.8. The van der Waals surface area contributed by atoms with Gasteiger partial charge in [-0.2, -0.15) is 13.2 Å². The molecule has 0 spiro atoms. The molecular formula is C21H30F3N3O2. The average molecular weight is 413 g/mol. The van der Waals surface area contributed by atoms with E-state index >= 15 is 0 Å². The first kappa shape index (κ1) is 21.9. The van der Waals surface area contributed by atoms with Crippen molar-refractivity contribution in [1.29, 1.82) is 0 Å². The van der Waals surface area contributed by atoms with Crippen LogP contribution in [0.25, 0.3) is 0 Å². The molecule has 0 saturated carbocycles. The van der Waals surface area contributed by atoms with Crippen LogP contribution in [0, 0.1) is 0 Å². The number of hydrogen-bond acceptors (Lipinski definition) is 4. The maximum absolute atomic E-state index is 12.8. The lowest BCUT2D eigenvalue weighted by Crippen LogP contribution is -2.48.